The van der Waals surface area contributed by atoms with Crippen molar-refractivity contribution in [2.75, 3.05) is 14.1 Å². The number of aliphatic hydroxyl groups excluding tert-OH is 1. The first kappa shape index (κ1) is 37.0. The van der Waals surface area contributed by atoms with Gasteiger partial charge in [0.1, 0.15) is 18.3 Å². The Kier molecular flexibility index (Phi) is 10.8. The second-order valence-corrected chi connectivity index (χ2v) is 14.4. The van der Waals surface area contributed by atoms with Crippen molar-refractivity contribution in [3.8, 4) is 0 Å². The van der Waals surface area contributed by atoms with Crippen molar-refractivity contribution in [2.45, 2.75) is 104 Å². The van der Waals surface area contributed by atoms with E-state index in [2.05, 4.69) is 6.58 Å². The molecule has 0 heterocycles. The summed E-state index contributed by atoms with van der Waals surface area (Å²) >= 11 is 0. The van der Waals surface area contributed by atoms with Gasteiger partial charge in [-0.05, 0) is 61.6 Å². The van der Waals surface area contributed by atoms with Gasteiger partial charge in [0, 0.05) is 44.4 Å². The van der Waals surface area contributed by atoms with Crippen molar-refractivity contribution in [2.24, 2.45) is 22.7 Å². The molecule has 0 amide bonds. The summed E-state index contributed by atoms with van der Waals surface area (Å²) in [5, 5.41) is 11.3. The monoisotopic (exact) mass is 667 g/mol. The van der Waals surface area contributed by atoms with E-state index in [0.29, 0.717) is 16.7 Å². The second kappa shape index (κ2) is 14.0. The van der Waals surface area contributed by atoms with Crippen LogP contribution >= 0.6 is 0 Å². The molecule has 11 nitrogen and oxygen atoms in total. The summed E-state index contributed by atoms with van der Waals surface area (Å²) in [5.74, 6) is -4.32. The first-order chi connectivity index (χ1) is 22.3. The molecule has 0 unspecified atom stereocenters. The van der Waals surface area contributed by atoms with Crippen molar-refractivity contribution in [1.29, 1.82) is 0 Å². The van der Waals surface area contributed by atoms with E-state index in [1.165, 1.54) is 20.8 Å². The number of fused-ring (bicyclic) bond motifs is 3. The smallest absolute Gasteiger partial charge is 0.337 e. The molecule has 11 heteroatoms. The zero-order valence-electron chi connectivity index (χ0n) is 29.4. The number of likely N-dealkylation sites (N-methyl/N-ethyl adjacent to an activating group) is 1. The molecule has 0 saturated heterocycles. The molecule has 0 spiro atoms. The summed E-state index contributed by atoms with van der Waals surface area (Å²) in [5.41, 5.74) is 0.0792. The van der Waals surface area contributed by atoms with Gasteiger partial charge in [0.15, 0.2) is 18.0 Å². The van der Waals surface area contributed by atoms with Crippen LogP contribution in [0.5, 0.6) is 0 Å². The second-order valence-electron chi connectivity index (χ2n) is 14.4. The Bertz CT molecular complexity index is 1500. The Morgan fingerprint density at radius 3 is 2.06 bits per heavy atom. The number of hydrogen-bond donors (Lipinski definition) is 1. The maximum Gasteiger partial charge on any atom is 0.337 e. The maximum absolute atomic E-state index is 13.6. The molecule has 1 N–H and O–H groups in total. The van der Waals surface area contributed by atoms with E-state index in [9.17, 15) is 29.1 Å². The van der Waals surface area contributed by atoms with Crippen LogP contribution in [-0.4, -0.2) is 84.3 Å². The number of rotatable bonds is 8. The number of esters is 4. The molecule has 0 aromatic heterocycles. The van der Waals surface area contributed by atoms with Gasteiger partial charge < -0.3 is 24.1 Å². The average Bonchev–Trinajstić information content (AvgIpc) is 2.97. The number of nitrogens with zero attached hydrogens (tertiary/aromatic N) is 1. The summed E-state index contributed by atoms with van der Waals surface area (Å²) in [6, 6.07) is 8.41. The SMILES string of the molecule is C=C1[C@@H](OC(=O)[C@H](O)[C@@H](c2ccccc2)N(C)C)CC[C@@]2(C)[C@@H](OC(C)=O)[C@H](OC(C)=O)C3=C(C)C(=O)C[C@H]([C@@H](OC(C)=O)[C@H]12)C3(C)C. The first-order valence-corrected chi connectivity index (χ1v) is 16.4. The third-order valence-electron chi connectivity index (χ3n) is 10.6. The Morgan fingerprint density at radius 1 is 0.938 bits per heavy atom. The van der Waals surface area contributed by atoms with Crippen LogP contribution in [0.25, 0.3) is 0 Å². The van der Waals surface area contributed by atoms with Crippen molar-refractivity contribution < 1.29 is 48.0 Å². The third kappa shape index (κ3) is 6.85. The maximum atomic E-state index is 13.6. The van der Waals surface area contributed by atoms with Crippen LogP contribution in [0.1, 0.15) is 79.3 Å². The molecule has 1 aromatic carbocycles. The molecule has 48 heavy (non-hydrogen) atoms. The molecule has 3 aliphatic carbocycles. The molecule has 0 aliphatic heterocycles. The number of carbonyl (C=O) groups excluding carboxylic acids is 5. The largest absolute Gasteiger partial charge is 0.462 e. The topological polar surface area (TPSA) is 146 Å². The summed E-state index contributed by atoms with van der Waals surface area (Å²) in [4.78, 5) is 67.2. The molecule has 2 fully saturated rings. The number of benzene rings is 1. The standard InChI is InChI=1S/C37H49NO10/c1-19-26(42)18-25-32(45-21(3)39)29-20(2)27(48-35(44)31(43)30(38(9)10)24-14-12-11-13-15-24)16-17-37(29,8)34(47-23(5)41)33(46-22(4)40)28(19)36(25,6)7/h11-15,25,27,29-34,43H,2,16-18H2,1,3-10H3/t25-,27+,29+,30-,31-,32-,33-,34+,37-/m1/s1. The normalized spacial score (nSPS) is 31.1. The van der Waals surface area contributed by atoms with Gasteiger partial charge in [-0.1, -0.05) is 57.7 Å². The number of ether oxygens (including phenoxy) is 4. The van der Waals surface area contributed by atoms with Gasteiger partial charge in [-0.2, -0.15) is 0 Å². The number of Topliss-reactive ketones (excluding diaryl/α,β-unsaturated/α-hetero) is 1. The zero-order valence-corrected chi connectivity index (χ0v) is 29.4. The molecule has 1 aromatic rings. The van der Waals surface area contributed by atoms with E-state index in [1.807, 2.05) is 51.1 Å². The van der Waals surface area contributed by atoms with E-state index >= 15 is 0 Å². The summed E-state index contributed by atoms with van der Waals surface area (Å²) < 4.78 is 24.2. The van der Waals surface area contributed by atoms with Crippen LogP contribution in [0, 0.1) is 22.7 Å². The van der Waals surface area contributed by atoms with Gasteiger partial charge in [-0.15, -0.1) is 0 Å². The molecule has 2 bridgehead atoms. The number of aliphatic hydroxyl groups is 1. The van der Waals surface area contributed by atoms with E-state index in [0.717, 1.165) is 5.56 Å². The van der Waals surface area contributed by atoms with E-state index in [-0.39, 0.29) is 25.0 Å². The summed E-state index contributed by atoms with van der Waals surface area (Å²) in [6.45, 7) is 15.5. The highest BCUT2D eigenvalue weighted by molar-refractivity contribution is 5.97. The summed E-state index contributed by atoms with van der Waals surface area (Å²) in [7, 11) is 3.51. The molecule has 2 saturated carbocycles. The molecular formula is C37H49NO10. The highest BCUT2D eigenvalue weighted by atomic mass is 16.6. The van der Waals surface area contributed by atoms with Gasteiger partial charge in [0.2, 0.25) is 0 Å². The fourth-order valence-electron chi connectivity index (χ4n) is 8.49. The lowest BCUT2D eigenvalue weighted by molar-refractivity contribution is -0.203. The van der Waals surface area contributed by atoms with Crippen molar-refractivity contribution in [1.82, 2.24) is 4.90 Å². The lowest BCUT2D eigenvalue weighted by atomic mass is 9.49. The van der Waals surface area contributed by atoms with Crippen LogP contribution in [0.3, 0.4) is 0 Å². The lowest BCUT2D eigenvalue weighted by Gasteiger charge is -2.59. The molecule has 3 aliphatic rings. The molecule has 0 radical (unpaired) electrons. The van der Waals surface area contributed by atoms with Gasteiger partial charge in [0.05, 0.1) is 6.04 Å². The van der Waals surface area contributed by atoms with Gasteiger partial charge in [0.25, 0.3) is 0 Å². The Balaban J connectivity index is 1.85. The Labute approximate surface area is 282 Å². The first-order valence-electron chi connectivity index (χ1n) is 16.4. The number of hydrogen-bond acceptors (Lipinski definition) is 11. The fourth-order valence-corrected chi connectivity index (χ4v) is 8.49. The quantitative estimate of drug-likeness (QED) is 0.241. The molecule has 9 atom stereocenters. The average molecular weight is 668 g/mol. The van der Waals surface area contributed by atoms with Crippen LogP contribution in [0.15, 0.2) is 53.6 Å². The van der Waals surface area contributed by atoms with Gasteiger partial charge in [-0.3, -0.25) is 24.1 Å². The van der Waals surface area contributed by atoms with Crippen LogP contribution in [0.4, 0.5) is 0 Å². The van der Waals surface area contributed by atoms with Crippen molar-refractivity contribution in [3.05, 3.63) is 59.2 Å². The molecular weight excluding hydrogens is 618 g/mol. The van der Waals surface area contributed by atoms with Gasteiger partial charge in [-0.25, -0.2) is 4.79 Å². The van der Waals surface area contributed by atoms with E-state index in [4.69, 9.17) is 18.9 Å². The zero-order chi connectivity index (χ0) is 35.9. The minimum atomic E-state index is -1.54. The van der Waals surface area contributed by atoms with Crippen molar-refractivity contribution >= 4 is 29.7 Å². The van der Waals surface area contributed by atoms with Crippen molar-refractivity contribution in [3.63, 3.8) is 0 Å². The minimum Gasteiger partial charge on any atom is -0.462 e. The highest BCUT2D eigenvalue weighted by Gasteiger charge is 2.64. The molecule has 262 valence electrons. The predicted molar refractivity (Wildman–Crippen MR) is 175 cm³/mol. The van der Waals surface area contributed by atoms with Gasteiger partial charge >= 0.3 is 23.9 Å². The van der Waals surface area contributed by atoms with E-state index in [1.54, 1.807) is 25.9 Å². The minimum absolute atomic E-state index is 0.0376. The fraction of sp³-hybridized carbons (Fsp3) is 0.595. The highest BCUT2D eigenvalue weighted by Crippen LogP contribution is 2.60. The third-order valence-corrected chi connectivity index (χ3v) is 10.6. The number of carbonyl (C=O) groups is 5. The van der Waals surface area contributed by atoms with Crippen LogP contribution < -0.4 is 0 Å². The number of ketones is 1. The van der Waals surface area contributed by atoms with Crippen LogP contribution in [-0.2, 0) is 42.9 Å². The van der Waals surface area contributed by atoms with E-state index < -0.39 is 83.1 Å². The summed E-state index contributed by atoms with van der Waals surface area (Å²) in [6.07, 6.45) is -5.12. The number of allylic oxidation sites excluding steroid dienone is 1. The molecule has 4 rings (SSSR count). The van der Waals surface area contributed by atoms with Crippen LogP contribution in [0.2, 0.25) is 0 Å². The predicted octanol–water partition coefficient (Wildman–Crippen LogP) is 4.27. The Hall–Kier alpha value is -3.83. The lowest BCUT2D eigenvalue weighted by Crippen LogP contribution is -2.64. The Morgan fingerprint density at radius 2 is 1.52 bits per heavy atom.